The van der Waals surface area contributed by atoms with Crippen LogP contribution in [0.4, 0.5) is 5.82 Å². The summed E-state index contributed by atoms with van der Waals surface area (Å²) in [5.41, 5.74) is 3.69. The molecule has 0 saturated carbocycles. The molecule has 0 amide bonds. The third-order valence-corrected chi connectivity index (χ3v) is 6.34. The first-order valence-corrected chi connectivity index (χ1v) is 10.8. The molecule has 6 nitrogen and oxygen atoms in total. The minimum atomic E-state index is 0.419. The molecule has 1 N–H and O–H groups in total. The van der Waals surface area contributed by atoms with Gasteiger partial charge in [-0.2, -0.15) is 0 Å². The molecule has 2 unspecified atom stereocenters. The number of nitrogens with zero attached hydrogens (tertiary/aromatic N) is 5. The minimum Gasteiger partial charge on any atom is -0.352 e. The smallest absolute Gasteiger partial charge is 0.155 e. The average molecular weight is 425 g/mol. The summed E-state index contributed by atoms with van der Waals surface area (Å²) in [6, 6.07) is 12.9. The highest BCUT2D eigenvalue weighted by atomic mass is 35.5. The second-order valence-corrected chi connectivity index (χ2v) is 9.20. The molecule has 1 aliphatic rings. The number of pyridine rings is 1. The van der Waals surface area contributed by atoms with E-state index in [0.717, 1.165) is 50.7 Å². The maximum absolute atomic E-state index is 6.21. The molecule has 0 radical (unpaired) electrons. The van der Waals surface area contributed by atoms with Crippen molar-refractivity contribution in [2.75, 3.05) is 18.0 Å². The highest BCUT2D eigenvalue weighted by Crippen LogP contribution is 2.37. The van der Waals surface area contributed by atoms with Crippen LogP contribution < -0.4 is 10.2 Å². The fourth-order valence-electron chi connectivity index (χ4n) is 3.99. The van der Waals surface area contributed by atoms with Gasteiger partial charge in [-0.25, -0.2) is 9.50 Å². The van der Waals surface area contributed by atoms with Gasteiger partial charge in [0.05, 0.1) is 9.21 Å². The molecule has 1 saturated heterocycles. The van der Waals surface area contributed by atoms with Crippen LogP contribution >= 0.6 is 22.9 Å². The number of halogens is 1. The van der Waals surface area contributed by atoms with Gasteiger partial charge in [-0.3, -0.25) is 4.98 Å². The van der Waals surface area contributed by atoms with Crippen LogP contribution in [0.2, 0.25) is 4.34 Å². The number of hydrogen-bond donors (Lipinski definition) is 1. The first-order chi connectivity index (χ1) is 14.1. The van der Waals surface area contributed by atoms with Crippen molar-refractivity contribution in [3.63, 3.8) is 0 Å². The van der Waals surface area contributed by atoms with Crippen molar-refractivity contribution in [2.45, 2.75) is 25.9 Å². The summed E-state index contributed by atoms with van der Waals surface area (Å²) in [6.07, 6.45) is 3.59. The van der Waals surface area contributed by atoms with Crippen molar-refractivity contribution in [3.05, 3.63) is 53.1 Å². The van der Waals surface area contributed by atoms with E-state index in [0.29, 0.717) is 12.1 Å². The third-order valence-electron chi connectivity index (χ3n) is 5.11. The van der Waals surface area contributed by atoms with Gasteiger partial charge >= 0.3 is 0 Å². The predicted octanol–water partition coefficient (Wildman–Crippen LogP) is 4.36. The number of piperazine rings is 1. The van der Waals surface area contributed by atoms with Crippen LogP contribution in [0.15, 0.2) is 48.8 Å². The Morgan fingerprint density at radius 2 is 1.79 bits per heavy atom. The number of imidazole rings is 1. The molecule has 1 aliphatic heterocycles. The third kappa shape index (κ3) is 3.50. The van der Waals surface area contributed by atoms with E-state index in [2.05, 4.69) is 35.1 Å². The Kier molecular flexibility index (Phi) is 4.73. The van der Waals surface area contributed by atoms with Crippen LogP contribution in [0, 0.1) is 0 Å². The van der Waals surface area contributed by atoms with E-state index < -0.39 is 0 Å². The molecule has 8 heteroatoms. The van der Waals surface area contributed by atoms with Gasteiger partial charge in [-0.15, -0.1) is 16.4 Å². The Morgan fingerprint density at radius 1 is 1.03 bits per heavy atom. The fourth-order valence-corrected chi connectivity index (χ4v) is 5.02. The summed E-state index contributed by atoms with van der Waals surface area (Å²) in [7, 11) is 0. The standard InChI is InChI=1S/C21H21ClN6S/c1-13-11-27(12-14(2)24-13)19-6-5-18-25-20(16-3-4-17(22)29-16)21(28(18)26-19)15-7-9-23-10-8-15/h3-10,13-14,24H,11-12H2,1-2H3. The summed E-state index contributed by atoms with van der Waals surface area (Å²) in [6.45, 7) is 6.27. The van der Waals surface area contributed by atoms with E-state index in [1.165, 1.54) is 11.3 Å². The van der Waals surface area contributed by atoms with Crippen molar-refractivity contribution in [2.24, 2.45) is 0 Å². The molecule has 0 aromatic carbocycles. The summed E-state index contributed by atoms with van der Waals surface area (Å²) in [5.74, 6) is 0.959. The van der Waals surface area contributed by atoms with Crippen LogP contribution in [0.5, 0.6) is 0 Å². The molecule has 148 valence electrons. The molecule has 5 rings (SSSR count). The Bertz CT molecular complexity index is 1140. The SMILES string of the molecule is CC1CN(c2ccc3nc(-c4ccc(Cl)s4)c(-c4ccncc4)n3n2)CC(C)N1. The molecule has 4 aromatic heterocycles. The lowest BCUT2D eigenvalue weighted by atomic mass is 10.1. The molecule has 4 aromatic rings. The zero-order valence-electron chi connectivity index (χ0n) is 16.2. The van der Waals surface area contributed by atoms with E-state index in [4.69, 9.17) is 21.7 Å². The molecule has 5 heterocycles. The summed E-state index contributed by atoms with van der Waals surface area (Å²) >= 11 is 7.73. The van der Waals surface area contributed by atoms with Gasteiger partial charge in [-0.1, -0.05) is 11.6 Å². The van der Waals surface area contributed by atoms with E-state index >= 15 is 0 Å². The fraction of sp³-hybridized carbons (Fsp3) is 0.286. The first kappa shape index (κ1) is 18.5. The van der Waals surface area contributed by atoms with Crippen LogP contribution in [0.3, 0.4) is 0 Å². The number of fused-ring (bicyclic) bond motifs is 1. The van der Waals surface area contributed by atoms with E-state index in [1.807, 2.05) is 34.8 Å². The number of anilines is 1. The van der Waals surface area contributed by atoms with Crippen LogP contribution in [-0.4, -0.2) is 44.8 Å². The number of hydrogen-bond acceptors (Lipinski definition) is 6. The normalized spacial score (nSPS) is 19.8. The topological polar surface area (TPSA) is 58.4 Å². The van der Waals surface area contributed by atoms with Gasteiger partial charge in [0.25, 0.3) is 0 Å². The summed E-state index contributed by atoms with van der Waals surface area (Å²) in [5, 5.41) is 8.58. The number of thiophene rings is 1. The minimum absolute atomic E-state index is 0.419. The number of aromatic nitrogens is 4. The quantitative estimate of drug-likeness (QED) is 0.529. The van der Waals surface area contributed by atoms with Crippen molar-refractivity contribution < 1.29 is 0 Å². The second-order valence-electron chi connectivity index (χ2n) is 7.48. The van der Waals surface area contributed by atoms with Gasteiger partial charge in [0.1, 0.15) is 17.2 Å². The Hall–Kier alpha value is -2.48. The lowest BCUT2D eigenvalue weighted by Gasteiger charge is -2.36. The Labute approximate surface area is 178 Å². The molecule has 0 bridgehead atoms. The van der Waals surface area contributed by atoms with Gasteiger partial charge in [0, 0.05) is 43.1 Å². The largest absolute Gasteiger partial charge is 0.352 e. The van der Waals surface area contributed by atoms with E-state index in [-0.39, 0.29) is 0 Å². The molecule has 0 spiro atoms. The van der Waals surface area contributed by atoms with Gasteiger partial charge in [0.2, 0.25) is 0 Å². The molecule has 1 fully saturated rings. The van der Waals surface area contributed by atoms with Crippen molar-refractivity contribution in [1.82, 2.24) is 24.9 Å². The highest BCUT2D eigenvalue weighted by molar-refractivity contribution is 7.19. The van der Waals surface area contributed by atoms with Gasteiger partial charge < -0.3 is 10.2 Å². The summed E-state index contributed by atoms with van der Waals surface area (Å²) in [4.78, 5) is 12.4. The average Bonchev–Trinajstić information content (AvgIpc) is 3.30. The Morgan fingerprint density at radius 3 is 2.48 bits per heavy atom. The van der Waals surface area contributed by atoms with Crippen molar-refractivity contribution in [1.29, 1.82) is 0 Å². The first-order valence-electron chi connectivity index (χ1n) is 9.65. The molecule has 0 aliphatic carbocycles. The molecular weight excluding hydrogens is 404 g/mol. The molecule has 29 heavy (non-hydrogen) atoms. The van der Waals surface area contributed by atoms with Gasteiger partial charge in [0.15, 0.2) is 5.65 Å². The van der Waals surface area contributed by atoms with Gasteiger partial charge in [-0.05, 0) is 50.2 Å². The van der Waals surface area contributed by atoms with Crippen LogP contribution in [-0.2, 0) is 0 Å². The van der Waals surface area contributed by atoms with E-state index in [9.17, 15) is 0 Å². The van der Waals surface area contributed by atoms with Crippen LogP contribution in [0.1, 0.15) is 13.8 Å². The zero-order valence-corrected chi connectivity index (χ0v) is 17.8. The summed E-state index contributed by atoms with van der Waals surface area (Å²) < 4.78 is 2.69. The molecular formula is C21H21ClN6S. The predicted molar refractivity (Wildman–Crippen MR) is 119 cm³/mol. The van der Waals surface area contributed by atoms with Crippen LogP contribution in [0.25, 0.3) is 27.5 Å². The van der Waals surface area contributed by atoms with Crippen molar-refractivity contribution in [3.8, 4) is 21.8 Å². The second kappa shape index (κ2) is 7.40. The lowest BCUT2D eigenvalue weighted by molar-refractivity contribution is 0.404. The lowest BCUT2D eigenvalue weighted by Crippen LogP contribution is -2.54. The highest BCUT2D eigenvalue weighted by Gasteiger charge is 2.24. The zero-order chi connectivity index (χ0) is 20.0. The van der Waals surface area contributed by atoms with E-state index in [1.54, 1.807) is 12.4 Å². The maximum atomic E-state index is 6.21. The number of nitrogens with one attached hydrogen (secondary N) is 1. The van der Waals surface area contributed by atoms with Crippen molar-refractivity contribution >= 4 is 34.4 Å². The maximum Gasteiger partial charge on any atom is 0.155 e. The Balaban J connectivity index is 1.68. The number of rotatable bonds is 3. The molecule has 2 atom stereocenters. The monoisotopic (exact) mass is 424 g/mol.